The summed E-state index contributed by atoms with van der Waals surface area (Å²) in [5, 5.41) is 2.97. The zero-order valence-electron chi connectivity index (χ0n) is 17.6. The Hall–Kier alpha value is -2.71. The first-order valence-electron chi connectivity index (χ1n) is 10.5. The first-order valence-corrected chi connectivity index (χ1v) is 12.7. The molecule has 1 aliphatic carbocycles. The number of anilines is 1. The van der Waals surface area contributed by atoms with Gasteiger partial charge in [0.2, 0.25) is 5.91 Å². The number of rotatable bonds is 7. The second-order valence-corrected chi connectivity index (χ2v) is 10.5. The van der Waals surface area contributed by atoms with Crippen molar-refractivity contribution in [2.45, 2.75) is 42.9 Å². The first kappa shape index (κ1) is 22.5. The Kier molecular flexibility index (Phi) is 6.62. The van der Waals surface area contributed by atoms with E-state index in [1.807, 2.05) is 0 Å². The number of nitrogens with zero attached hydrogens (tertiary/aromatic N) is 2. The van der Waals surface area contributed by atoms with Crippen LogP contribution in [0.25, 0.3) is 11.5 Å². The van der Waals surface area contributed by atoms with E-state index in [1.54, 1.807) is 30.5 Å². The molecule has 1 amide bonds. The van der Waals surface area contributed by atoms with E-state index < -0.39 is 15.8 Å². The van der Waals surface area contributed by atoms with Crippen molar-refractivity contribution >= 4 is 33.2 Å². The van der Waals surface area contributed by atoms with E-state index in [4.69, 9.17) is 16.0 Å². The minimum atomic E-state index is -3.45. The minimum Gasteiger partial charge on any atom is -0.463 e. The van der Waals surface area contributed by atoms with Crippen LogP contribution in [0, 0.1) is 5.92 Å². The van der Waals surface area contributed by atoms with Crippen molar-refractivity contribution < 1.29 is 17.6 Å². The summed E-state index contributed by atoms with van der Waals surface area (Å²) < 4.78 is 29.1. The number of benzene rings is 1. The minimum absolute atomic E-state index is 0.0577. The van der Waals surface area contributed by atoms with Crippen LogP contribution in [0.2, 0.25) is 5.02 Å². The lowest BCUT2D eigenvalue weighted by Crippen LogP contribution is -2.24. The maximum Gasteiger partial charge on any atom is 0.233 e. The van der Waals surface area contributed by atoms with Crippen LogP contribution >= 0.6 is 11.6 Å². The van der Waals surface area contributed by atoms with Gasteiger partial charge in [-0.1, -0.05) is 43.4 Å². The smallest absolute Gasteiger partial charge is 0.233 e. The molecule has 7 nitrogen and oxygen atoms in total. The van der Waals surface area contributed by atoms with Crippen LogP contribution in [0.15, 0.2) is 58.3 Å². The van der Waals surface area contributed by atoms with E-state index in [0.717, 1.165) is 31.9 Å². The van der Waals surface area contributed by atoms with Crippen LogP contribution in [0.3, 0.4) is 0 Å². The maximum atomic E-state index is 13.2. The first-order chi connectivity index (χ1) is 15.3. The molecule has 1 N–H and O–H groups in total. The summed E-state index contributed by atoms with van der Waals surface area (Å²) in [5.41, 5.74) is 1.26. The van der Waals surface area contributed by atoms with Crippen molar-refractivity contribution in [2.75, 3.05) is 11.6 Å². The normalized spacial score (nSPS) is 15.6. The van der Waals surface area contributed by atoms with E-state index in [0.29, 0.717) is 35.2 Å². The van der Waals surface area contributed by atoms with Crippen LogP contribution in [0.1, 0.15) is 43.6 Å². The summed E-state index contributed by atoms with van der Waals surface area (Å²) in [7, 11) is -3.45. The van der Waals surface area contributed by atoms with Gasteiger partial charge in [0, 0.05) is 6.26 Å². The molecule has 0 aliphatic heterocycles. The van der Waals surface area contributed by atoms with Gasteiger partial charge in [0.25, 0.3) is 0 Å². The number of furan rings is 1. The highest BCUT2D eigenvalue weighted by atomic mass is 35.5. The number of sulfone groups is 1. The molecule has 1 aliphatic rings. The average molecular weight is 474 g/mol. The second-order valence-electron chi connectivity index (χ2n) is 8.15. The van der Waals surface area contributed by atoms with Crippen LogP contribution in [0.5, 0.6) is 0 Å². The van der Waals surface area contributed by atoms with Crippen molar-refractivity contribution in [3.8, 4) is 11.5 Å². The highest BCUT2D eigenvalue weighted by Crippen LogP contribution is 2.36. The topological polar surface area (TPSA) is 102 Å². The zero-order valence-corrected chi connectivity index (χ0v) is 19.2. The number of aromatic nitrogens is 2. The Labute approximate surface area is 192 Å². The Balaban J connectivity index is 1.57. The second kappa shape index (κ2) is 9.42. The van der Waals surface area contributed by atoms with Gasteiger partial charge < -0.3 is 9.73 Å². The van der Waals surface area contributed by atoms with Crippen molar-refractivity contribution in [3.05, 3.63) is 59.6 Å². The van der Waals surface area contributed by atoms with Crippen molar-refractivity contribution in [3.63, 3.8) is 0 Å². The zero-order chi connectivity index (χ0) is 22.7. The fourth-order valence-electron chi connectivity index (χ4n) is 4.17. The van der Waals surface area contributed by atoms with E-state index >= 15 is 0 Å². The molecule has 4 rings (SSSR count). The third-order valence-corrected chi connectivity index (χ3v) is 7.37. The van der Waals surface area contributed by atoms with E-state index in [1.165, 1.54) is 18.5 Å². The van der Waals surface area contributed by atoms with Crippen molar-refractivity contribution in [1.29, 1.82) is 0 Å². The molecular formula is C23H24ClN3O4S. The predicted octanol–water partition coefficient (Wildman–Crippen LogP) is 5.10. The van der Waals surface area contributed by atoms with E-state index in [-0.39, 0.29) is 15.8 Å². The summed E-state index contributed by atoms with van der Waals surface area (Å²) in [6, 6.07) is 8.28. The predicted molar refractivity (Wildman–Crippen MR) is 122 cm³/mol. The van der Waals surface area contributed by atoms with Crippen LogP contribution in [0.4, 0.5) is 5.82 Å². The van der Waals surface area contributed by atoms with Crippen LogP contribution in [-0.4, -0.2) is 30.5 Å². The number of amides is 1. The monoisotopic (exact) mass is 473 g/mol. The van der Waals surface area contributed by atoms with Crippen molar-refractivity contribution in [1.82, 2.24) is 9.97 Å². The maximum absolute atomic E-state index is 13.2. The Bertz CT molecular complexity index is 1190. The lowest BCUT2D eigenvalue weighted by Gasteiger charge is -2.21. The standard InChI is InChI=1S/C23H24ClN3O4S/c1-32(29,30)21-9-8-16(12-18(21)24)17(11-15-5-2-3-6-15)23(28)27-22-14-25-19(13-26-22)20-7-4-10-31-20/h4,7-10,12-15,17H,2-3,5-6,11H2,1H3,(H,26,27,28). The molecule has 0 bridgehead atoms. The average Bonchev–Trinajstić information content (AvgIpc) is 3.46. The van der Waals surface area contributed by atoms with E-state index in [9.17, 15) is 13.2 Å². The molecule has 3 aromatic rings. The lowest BCUT2D eigenvalue weighted by atomic mass is 9.87. The molecule has 1 aromatic carbocycles. The largest absolute Gasteiger partial charge is 0.463 e. The molecule has 0 saturated heterocycles. The van der Waals surface area contributed by atoms with Gasteiger partial charge in [0.1, 0.15) is 5.69 Å². The van der Waals surface area contributed by atoms with Gasteiger partial charge in [0.15, 0.2) is 21.4 Å². The molecule has 0 spiro atoms. The molecule has 9 heteroatoms. The molecule has 168 valence electrons. The molecule has 1 fully saturated rings. The fraction of sp³-hybridized carbons (Fsp3) is 0.348. The van der Waals surface area contributed by atoms with Gasteiger partial charge in [-0.2, -0.15) is 0 Å². The number of carbonyl (C=O) groups is 1. The van der Waals surface area contributed by atoms with Gasteiger partial charge in [-0.05, 0) is 42.2 Å². The number of halogens is 1. The summed E-state index contributed by atoms with van der Waals surface area (Å²) in [5.74, 6) is 0.665. The fourth-order valence-corrected chi connectivity index (χ4v) is 5.50. The van der Waals surface area contributed by atoms with Gasteiger partial charge >= 0.3 is 0 Å². The summed E-state index contributed by atoms with van der Waals surface area (Å²) in [6.45, 7) is 0. The third kappa shape index (κ3) is 5.19. The lowest BCUT2D eigenvalue weighted by molar-refractivity contribution is -0.118. The SMILES string of the molecule is CS(=O)(=O)c1ccc(C(CC2CCCC2)C(=O)Nc2cnc(-c3ccco3)cn2)cc1Cl. The quantitative estimate of drug-likeness (QED) is 0.512. The number of carbonyl (C=O) groups excluding carboxylic acids is 1. The Morgan fingerprint density at radius 2 is 2.00 bits per heavy atom. The molecular weight excluding hydrogens is 450 g/mol. The summed E-state index contributed by atoms with van der Waals surface area (Å²) in [4.78, 5) is 21.9. The van der Waals surface area contributed by atoms with Crippen molar-refractivity contribution in [2.24, 2.45) is 5.92 Å². The molecule has 1 atom stereocenters. The Morgan fingerprint density at radius 1 is 1.22 bits per heavy atom. The highest BCUT2D eigenvalue weighted by Gasteiger charge is 2.28. The molecule has 1 unspecified atom stereocenters. The molecule has 1 saturated carbocycles. The molecule has 32 heavy (non-hydrogen) atoms. The van der Waals surface area contributed by atoms with Gasteiger partial charge in [-0.25, -0.2) is 18.4 Å². The van der Waals surface area contributed by atoms with E-state index in [2.05, 4.69) is 15.3 Å². The van der Waals surface area contributed by atoms with Gasteiger partial charge in [-0.15, -0.1) is 0 Å². The molecule has 0 radical (unpaired) electrons. The Morgan fingerprint density at radius 3 is 2.59 bits per heavy atom. The third-order valence-electron chi connectivity index (χ3n) is 5.79. The van der Waals surface area contributed by atoms with Gasteiger partial charge in [-0.3, -0.25) is 4.79 Å². The number of nitrogens with one attached hydrogen (secondary N) is 1. The molecule has 2 heterocycles. The van der Waals surface area contributed by atoms with Crippen LogP contribution < -0.4 is 5.32 Å². The van der Waals surface area contributed by atoms with Crippen LogP contribution in [-0.2, 0) is 14.6 Å². The number of hydrogen-bond acceptors (Lipinski definition) is 6. The highest BCUT2D eigenvalue weighted by molar-refractivity contribution is 7.90. The number of hydrogen-bond donors (Lipinski definition) is 1. The van der Waals surface area contributed by atoms with Gasteiger partial charge in [0.05, 0.1) is 34.5 Å². The molecule has 2 aromatic heterocycles. The summed E-state index contributed by atoms with van der Waals surface area (Å²) >= 11 is 6.26. The summed E-state index contributed by atoms with van der Waals surface area (Å²) in [6.07, 6.45) is 10.8.